The number of allylic oxidation sites excluding steroid dienone is 1. The maximum atomic E-state index is 14.9. The Bertz CT molecular complexity index is 2610. The van der Waals surface area contributed by atoms with Crippen LogP contribution in [0.1, 0.15) is 116 Å². The van der Waals surface area contributed by atoms with Gasteiger partial charge in [0.1, 0.15) is 57.4 Å². The molecule has 16 nitrogen and oxygen atoms in total. The smallest absolute Gasteiger partial charge is 0.408 e. The molecule has 4 aromatic rings. The molecular weight excluding hydrogens is 861 g/mol. The highest BCUT2D eigenvalue weighted by Crippen LogP contribution is 2.48. The van der Waals surface area contributed by atoms with E-state index in [0.717, 1.165) is 49.6 Å². The first-order chi connectivity index (χ1) is 30.7. The van der Waals surface area contributed by atoms with Crippen molar-refractivity contribution in [2.24, 2.45) is 5.92 Å². The zero-order chi connectivity index (χ0) is 45.0. The number of nitrogens with one attached hydrogen (secondary N) is 3. The Balaban J connectivity index is 1.06. The van der Waals surface area contributed by atoms with Crippen molar-refractivity contribution in [1.82, 2.24) is 30.2 Å². The molecule has 3 aromatic heterocycles. The van der Waals surface area contributed by atoms with Crippen LogP contribution in [0.5, 0.6) is 11.5 Å². The van der Waals surface area contributed by atoms with Crippen molar-refractivity contribution < 1.29 is 46.2 Å². The van der Waals surface area contributed by atoms with E-state index in [1.54, 1.807) is 26.2 Å². The monoisotopic (exact) mass is 916 g/mol. The average molecular weight is 917 g/mol. The molecule has 2 aliphatic heterocycles. The van der Waals surface area contributed by atoms with Crippen molar-refractivity contribution in [1.29, 1.82) is 0 Å². The number of hydrogen-bond acceptors (Lipinski definition) is 13. The predicted molar refractivity (Wildman–Crippen MR) is 239 cm³/mol. The standard InChI is InChI=1S/C46H56N6O10S2/c1-26(2)34-25-63-41(48-34)33-22-37(39-38(47-33)31-17-16-29(59-4)21-36(31)62-39)60-30-20-35-40(53)50-46(43(55)51-64(57,58)45(3)18-19-45)23-27(46)12-8-6-5-7-9-15-32(42(54)52(35)24-30)49-44(56)61-28-13-10-11-14-28/h8,12,16-17,21-22,25-28,30,32,35H,5-7,9-11,13-15,18-20,23-24H2,1-4H3,(H,49,56)(H,50,53)(H,51,55)/b12-8-/t27-,30-,32+,35+,46-/m1/s1. The van der Waals surface area contributed by atoms with E-state index in [4.69, 9.17) is 28.6 Å². The summed E-state index contributed by atoms with van der Waals surface area (Å²) in [6, 6.07) is 5.04. The third-order valence-electron chi connectivity index (χ3n) is 13.6. The molecule has 0 bridgehead atoms. The van der Waals surface area contributed by atoms with E-state index in [-0.39, 0.29) is 31.4 Å². The van der Waals surface area contributed by atoms with E-state index in [1.165, 1.54) is 16.2 Å². The quantitative estimate of drug-likeness (QED) is 0.137. The summed E-state index contributed by atoms with van der Waals surface area (Å²) < 4.78 is 52.3. The van der Waals surface area contributed by atoms with Crippen molar-refractivity contribution in [2.45, 2.75) is 145 Å². The third kappa shape index (κ3) is 8.66. The number of thiazole rings is 1. The Morgan fingerprint density at radius 1 is 1.03 bits per heavy atom. The Labute approximate surface area is 376 Å². The second-order valence-corrected chi connectivity index (χ2v) is 21.6. The van der Waals surface area contributed by atoms with Gasteiger partial charge in [-0.1, -0.05) is 38.8 Å². The second-order valence-electron chi connectivity index (χ2n) is 18.6. The van der Waals surface area contributed by atoms with Crippen LogP contribution in [-0.4, -0.2) is 95.3 Å². The lowest BCUT2D eigenvalue weighted by molar-refractivity contribution is -0.141. The fourth-order valence-corrected chi connectivity index (χ4v) is 11.4. The molecule has 0 spiro atoms. The lowest BCUT2D eigenvalue weighted by Gasteiger charge is -2.30. The molecule has 18 heteroatoms. The number of sulfonamides is 1. The van der Waals surface area contributed by atoms with E-state index in [2.05, 4.69) is 29.2 Å². The number of pyridine rings is 1. The molecule has 5 aliphatic rings. The second kappa shape index (κ2) is 17.3. The number of fused-ring (bicyclic) bond motifs is 5. The van der Waals surface area contributed by atoms with Crippen LogP contribution < -0.4 is 24.8 Å². The van der Waals surface area contributed by atoms with Crippen LogP contribution in [0.2, 0.25) is 0 Å². The normalized spacial score (nSPS) is 26.7. The minimum Gasteiger partial charge on any atom is -0.497 e. The zero-order valence-electron chi connectivity index (χ0n) is 36.6. The van der Waals surface area contributed by atoms with Gasteiger partial charge in [0.2, 0.25) is 21.8 Å². The molecule has 4 amide bonds. The van der Waals surface area contributed by atoms with Crippen molar-refractivity contribution in [3.8, 4) is 22.2 Å². The predicted octanol–water partition coefficient (Wildman–Crippen LogP) is 7.02. The molecule has 0 radical (unpaired) electrons. The molecule has 342 valence electrons. The summed E-state index contributed by atoms with van der Waals surface area (Å²) in [6.45, 7) is 5.68. The molecular formula is C46H56N6O10S2. The van der Waals surface area contributed by atoms with Gasteiger partial charge >= 0.3 is 6.09 Å². The number of carbonyl (C=O) groups is 4. The van der Waals surface area contributed by atoms with Crippen molar-refractivity contribution in [3.05, 3.63) is 47.5 Å². The van der Waals surface area contributed by atoms with Crippen LogP contribution >= 0.6 is 11.3 Å². The number of ether oxygens (including phenoxy) is 3. The van der Waals surface area contributed by atoms with Crippen LogP contribution in [0.3, 0.4) is 0 Å². The topological polar surface area (TPSA) is 208 Å². The van der Waals surface area contributed by atoms with E-state index in [0.29, 0.717) is 71.0 Å². The molecule has 1 saturated heterocycles. The molecule has 0 unspecified atom stereocenters. The Morgan fingerprint density at radius 3 is 2.55 bits per heavy atom. The maximum Gasteiger partial charge on any atom is 0.408 e. The summed E-state index contributed by atoms with van der Waals surface area (Å²) in [5, 5.41) is 9.19. The first-order valence-electron chi connectivity index (χ1n) is 22.5. The van der Waals surface area contributed by atoms with Crippen molar-refractivity contribution in [2.75, 3.05) is 13.7 Å². The first-order valence-corrected chi connectivity index (χ1v) is 24.9. The lowest BCUT2D eigenvalue weighted by atomic mass is 10.0. The van der Waals surface area contributed by atoms with Gasteiger partial charge < -0.3 is 34.2 Å². The van der Waals surface area contributed by atoms with Crippen LogP contribution in [0, 0.1) is 5.92 Å². The molecule has 3 saturated carbocycles. The summed E-state index contributed by atoms with van der Waals surface area (Å²) in [4.78, 5) is 68.3. The Hall–Kier alpha value is -5.23. The van der Waals surface area contributed by atoms with Gasteiger partial charge in [-0.2, -0.15) is 0 Å². The van der Waals surface area contributed by atoms with Crippen LogP contribution in [0.25, 0.3) is 32.8 Å². The van der Waals surface area contributed by atoms with Crippen LogP contribution in [0.15, 0.2) is 46.2 Å². The SMILES string of the molecule is COc1ccc2c(c1)oc1c(O[C@@H]3C[C@H]4C(=O)N[C@]5(C(=O)NS(=O)(=O)C6(C)CC6)C[C@H]5/C=C\CCCCC[C@H](NC(=O)OC5CCCC5)C(=O)N4C3)cc(-c3nc(C(C)C)cs3)nc12. The number of aromatic nitrogens is 2. The fraction of sp³-hybridized carbons (Fsp3) is 0.565. The molecule has 9 rings (SSSR count). The lowest BCUT2D eigenvalue weighted by Crippen LogP contribution is -2.58. The number of nitrogens with zero attached hydrogens (tertiary/aromatic N) is 3. The molecule has 5 atom stereocenters. The van der Waals surface area contributed by atoms with Gasteiger partial charge in [0.25, 0.3) is 5.91 Å². The summed E-state index contributed by atoms with van der Waals surface area (Å²) in [7, 11) is -2.45. The molecule has 4 fully saturated rings. The van der Waals surface area contributed by atoms with Crippen LogP contribution in [0.4, 0.5) is 4.79 Å². The van der Waals surface area contributed by atoms with Gasteiger partial charge in [-0.15, -0.1) is 11.3 Å². The number of rotatable bonds is 10. The van der Waals surface area contributed by atoms with Gasteiger partial charge in [-0.25, -0.2) is 23.2 Å². The third-order valence-corrected chi connectivity index (χ3v) is 16.6. The number of benzene rings is 1. The minimum absolute atomic E-state index is 0.00728. The molecule has 64 heavy (non-hydrogen) atoms. The van der Waals surface area contributed by atoms with E-state index < -0.39 is 68.2 Å². The number of alkyl carbamates (subject to hydrolysis) is 1. The largest absolute Gasteiger partial charge is 0.497 e. The van der Waals surface area contributed by atoms with E-state index in [9.17, 15) is 27.6 Å². The number of hydrogen-bond donors (Lipinski definition) is 3. The minimum atomic E-state index is -4.02. The average Bonchev–Trinajstić information content (AvgIpc) is 3.74. The highest BCUT2D eigenvalue weighted by molar-refractivity contribution is 7.91. The number of methoxy groups -OCH3 is 1. The summed E-state index contributed by atoms with van der Waals surface area (Å²) in [5.41, 5.74) is 1.34. The molecule has 1 aromatic carbocycles. The van der Waals surface area contributed by atoms with E-state index >= 15 is 0 Å². The number of furan rings is 1. The van der Waals surface area contributed by atoms with Gasteiger partial charge in [0.15, 0.2) is 11.3 Å². The highest BCUT2D eigenvalue weighted by Gasteiger charge is 2.63. The van der Waals surface area contributed by atoms with Gasteiger partial charge in [0, 0.05) is 35.2 Å². The summed E-state index contributed by atoms with van der Waals surface area (Å²) in [5.74, 6) is -1.27. The molecule has 3 N–H and O–H groups in total. The Morgan fingerprint density at radius 2 is 1.81 bits per heavy atom. The highest BCUT2D eigenvalue weighted by atomic mass is 32.2. The molecule has 5 heterocycles. The van der Waals surface area contributed by atoms with E-state index in [1.807, 2.05) is 29.7 Å². The zero-order valence-corrected chi connectivity index (χ0v) is 38.3. The fourth-order valence-electron chi connectivity index (χ4n) is 9.14. The van der Waals surface area contributed by atoms with Crippen molar-refractivity contribution in [3.63, 3.8) is 0 Å². The summed E-state index contributed by atoms with van der Waals surface area (Å²) in [6.07, 6.45) is 9.81. The summed E-state index contributed by atoms with van der Waals surface area (Å²) >= 11 is 1.46. The van der Waals surface area contributed by atoms with Crippen LogP contribution in [-0.2, 0) is 29.1 Å². The Kier molecular flexibility index (Phi) is 11.9. The number of carbonyl (C=O) groups excluding carboxylic acids is 4. The first kappa shape index (κ1) is 44.0. The maximum absolute atomic E-state index is 14.9. The van der Waals surface area contributed by atoms with Gasteiger partial charge in [-0.05, 0) is 89.2 Å². The van der Waals surface area contributed by atoms with Gasteiger partial charge in [0.05, 0.1) is 24.1 Å². The van der Waals surface area contributed by atoms with Crippen molar-refractivity contribution >= 4 is 67.2 Å². The molecule has 3 aliphatic carbocycles. The van der Waals surface area contributed by atoms with Gasteiger partial charge in [-0.3, -0.25) is 19.1 Å². The number of amides is 4.